The summed E-state index contributed by atoms with van der Waals surface area (Å²) in [6.45, 7) is 2.06. The Balaban J connectivity index is 2.42. The van der Waals surface area contributed by atoms with Gasteiger partial charge in [0.2, 0.25) is 5.76 Å². The van der Waals surface area contributed by atoms with Crippen molar-refractivity contribution in [1.82, 2.24) is 5.32 Å². The second kappa shape index (κ2) is 5.69. The third-order valence-corrected chi connectivity index (χ3v) is 2.58. The van der Waals surface area contributed by atoms with Gasteiger partial charge in [0.25, 0.3) is 5.91 Å². The minimum Gasteiger partial charge on any atom is -0.481 e. The van der Waals surface area contributed by atoms with E-state index in [0.717, 1.165) is 0 Å². The molecule has 0 bridgehead atoms. The molecule has 0 aliphatic rings. The maximum Gasteiger partial charge on any atom is 0.303 e. The van der Waals surface area contributed by atoms with Crippen molar-refractivity contribution in [2.24, 2.45) is 5.92 Å². The number of carboxylic acids is 1. The number of halogens is 1. The first kappa shape index (κ1) is 12.8. The van der Waals surface area contributed by atoms with E-state index in [1.54, 1.807) is 13.0 Å². The molecule has 0 saturated carbocycles. The van der Waals surface area contributed by atoms with Crippen LogP contribution in [0, 0.1) is 5.92 Å². The molecule has 0 spiro atoms. The average molecular weight is 290 g/mol. The summed E-state index contributed by atoms with van der Waals surface area (Å²) in [6.07, 6.45) is 1.43. The molecule has 0 fully saturated rings. The van der Waals surface area contributed by atoms with Crippen molar-refractivity contribution >= 4 is 27.8 Å². The van der Waals surface area contributed by atoms with E-state index in [4.69, 9.17) is 9.52 Å². The molecule has 88 valence electrons. The van der Waals surface area contributed by atoms with E-state index >= 15 is 0 Å². The van der Waals surface area contributed by atoms with Gasteiger partial charge in [-0.2, -0.15) is 0 Å². The molecule has 0 aliphatic carbocycles. The highest BCUT2D eigenvalue weighted by atomic mass is 79.9. The van der Waals surface area contributed by atoms with Gasteiger partial charge in [0, 0.05) is 13.0 Å². The van der Waals surface area contributed by atoms with Gasteiger partial charge in [-0.15, -0.1) is 0 Å². The number of rotatable bonds is 5. The number of hydrogen-bond donors (Lipinski definition) is 2. The second-order valence-electron chi connectivity index (χ2n) is 3.51. The van der Waals surface area contributed by atoms with E-state index in [9.17, 15) is 9.59 Å². The Morgan fingerprint density at radius 2 is 2.31 bits per heavy atom. The van der Waals surface area contributed by atoms with Crippen molar-refractivity contribution in [3.05, 3.63) is 22.6 Å². The summed E-state index contributed by atoms with van der Waals surface area (Å²) in [6, 6.07) is 1.62. The normalized spacial score (nSPS) is 12.1. The zero-order chi connectivity index (χ0) is 12.1. The molecule has 0 saturated heterocycles. The Morgan fingerprint density at radius 3 is 2.81 bits per heavy atom. The Bertz CT molecular complexity index is 388. The molecule has 0 aliphatic heterocycles. The molecule has 0 aromatic carbocycles. The van der Waals surface area contributed by atoms with Crippen LogP contribution in [0.25, 0.3) is 0 Å². The van der Waals surface area contributed by atoms with E-state index < -0.39 is 5.97 Å². The minimum atomic E-state index is -0.874. The van der Waals surface area contributed by atoms with E-state index in [2.05, 4.69) is 21.2 Å². The van der Waals surface area contributed by atoms with Gasteiger partial charge in [-0.1, -0.05) is 6.92 Å². The van der Waals surface area contributed by atoms with Crippen LogP contribution in [-0.2, 0) is 4.79 Å². The number of amides is 1. The van der Waals surface area contributed by atoms with E-state index in [-0.39, 0.29) is 24.0 Å². The smallest absolute Gasteiger partial charge is 0.303 e. The number of hydrogen-bond acceptors (Lipinski definition) is 3. The van der Waals surface area contributed by atoms with Crippen LogP contribution in [0.4, 0.5) is 0 Å². The Labute approximate surface area is 101 Å². The highest BCUT2D eigenvalue weighted by molar-refractivity contribution is 9.10. The van der Waals surface area contributed by atoms with E-state index in [1.165, 1.54) is 6.26 Å². The summed E-state index contributed by atoms with van der Waals surface area (Å²) in [7, 11) is 0. The zero-order valence-electron chi connectivity index (χ0n) is 8.70. The van der Waals surface area contributed by atoms with Gasteiger partial charge in [0.15, 0.2) is 0 Å². The molecule has 6 heteroatoms. The van der Waals surface area contributed by atoms with Gasteiger partial charge in [-0.25, -0.2) is 0 Å². The molecule has 5 nitrogen and oxygen atoms in total. The highest BCUT2D eigenvalue weighted by Crippen LogP contribution is 2.17. The van der Waals surface area contributed by atoms with Crippen LogP contribution in [0.15, 0.2) is 21.2 Å². The summed E-state index contributed by atoms with van der Waals surface area (Å²) >= 11 is 3.17. The summed E-state index contributed by atoms with van der Waals surface area (Å²) in [4.78, 5) is 21.9. The van der Waals surface area contributed by atoms with Crippen LogP contribution >= 0.6 is 15.9 Å². The van der Waals surface area contributed by atoms with Gasteiger partial charge in [-0.05, 0) is 27.9 Å². The van der Waals surface area contributed by atoms with Crippen LogP contribution in [0.3, 0.4) is 0 Å². The Morgan fingerprint density at radius 1 is 1.62 bits per heavy atom. The molecule has 16 heavy (non-hydrogen) atoms. The predicted octanol–water partition coefficient (Wildman–Crippen LogP) is 1.88. The number of furan rings is 1. The van der Waals surface area contributed by atoms with E-state index in [0.29, 0.717) is 11.0 Å². The SMILES string of the molecule is CC(CNC(=O)c1occc1Br)CC(=O)O. The molecule has 0 radical (unpaired) electrons. The number of carbonyl (C=O) groups is 2. The van der Waals surface area contributed by atoms with Crippen molar-refractivity contribution in [3.63, 3.8) is 0 Å². The lowest BCUT2D eigenvalue weighted by Gasteiger charge is -2.09. The van der Waals surface area contributed by atoms with Crippen molar-refractivity contribution in [2.75, 3.05) is 6.54 Å². The first-order chi connectivity index (χ1) is 7.50. The lowest BCUT2D eigenvalue weighted by molar-refractivity contribution is -0.137. The molecule has 1 unspecified atom stereocenters. The van der Waals surface area contributed by atoms with Gasteiger partial charge in [0.1, 0.15) is 0 Å². The molecular formula is C10H12BrNO4. The number of aliphatic carboxylic acids is 1. The predicted molar refractivity (Wildman–Crippen MR) is 60.2 cm³/mol. The molecule has 2 N–H and O–H groups in total. The fraction of sp³-hybridized carbons (Fsp3) is 0.400. The fourth-order valence-corrected chi connectivity index (χ4v) is 1.55. The van der Waals surface area contributed by atoms with Crippen LogP contribution in [0.1, 0.15) is 23.9 Å². The number of carbonyl (C=O) groups excluding carboxylic acids is 1. The van der Waals surface area contributed by atoms with Gasteiger partial charge in [-0.3, -0.25) is 9.59 Å². The molecular weight excluding hydrogens is 278 g/mol. The quantitative estimate of drug-likeness (QED) is 0.867. The van der Waals surface area contributed by atoms with Crippen molar-refractivity contribution < 1.29 is 19.1 Å². The molecule has 1 aromatic rings. The lowest BCUT2D eigenvalue weighted by atomic mass is 10.1. The average Bonchev–Trinajstić information content (AvgIpc) is 2.60. The number of nitrogens with one attached hydrogen (secondary N) is 1. The van der Waals surface area contributed by atoms with Gasteiger partial charge in [0.05, 0.1) is 10.7 Å². The Hall–Kier alpha value is -1.30. The second-order valence-corrected chi connectivity index (χ2v) is 4.37. The topological polar surface area (TPSA) is 79.5 Å². The first-order valence-corrected chi connectivity index (χ1v) is 5.53. The summed E-state index contributed by atoms with van der Waals surface area (Å²) in [5.41, 5.74) is 0. The Kier molecular flexibility index (Phi) is 4.54. The van der Waals surface area contributed by atoms with Crippen molar-refractivity contribution in [2.45, 2.75) is 13.3 Å². The zero-order valence-corrected chi connectivity index (χ0v) is 10.3. The third kappa shape index (κ3) is 3.69. The van der Waals surface area contributed by atoms with Crippen LogP contribution in [0.5, 0.6) is 0 Å². The lowest BCUT2D eigenvalue weighted by Crippen LogP contribution is -2.29. The molecule has 1 amide bonds. The molecule has 1 rings (SSSR count). The monoisotopic (exact) mass is 289 g/mol. The maximum absolute atomic E-state index is 11.5. The highest BCUT2D eigenvalue weighted by Gasteiger charge is 2.15. The van der Waals surface area contributed by atoms with Crippen LogP contribution in [-0.4, -0.2) is 23.5 Å². The molecule has 1 atom stereocenters. The third-order valence-electron chi connectivity index (χ3n) is 1.96. The summed E-state index contributed by atoms with van der Waals surface area (Å²) in [5.74, 6) is -1.15. The van der Waals surface area contributed by atoms with Crippen molar-refractivity contribution in [1.29, 1.82) is 0 Å². The molecule has 1 heterocycles. The van der Waals surface area contributed by atoms with Gasteiger partial charge >= 0.3 is 5.97 Å². The molecule has 1 aromatic heterocycles. The largest absolute Gasteiger partial charge is 0.481 e. The van der Waals surface area contributed by atoms with Crippen molar-refractivity contribution in [3.8, 4) is 0 Å². The van der Waals surface area contributed by atoms with Crippen LogP contribution < -0.4 is 5.32 Å². The number of carboxylic acid groups (broad SMARTS) is 1. The van der Waals surface area contributed by atoms with Crippen LogP contribution in [0.2, 0.25) is 0 Å². The maximum atomic E-state index is 11.5. The van der Waals surface area contributed by atoms with E-state index in [1.807, 2.05) is 0 Å². The summed E-state index contributed by atoms with van der Waals surface area (Å²) < 4.78 is 5.54. The first-order valence-electron chi connectivity index (χ1n) is 4.73. The standard InChI is InChI=1S/C10H12BrNO4/c1-6(4-8(13)14)5-12-10(15)9-7(11)2-3-16-9/h2-3,6H,4-5H2,1H3,(H,12,15)(H,13,14). The summed E-state index contributed by atoms with van der Waals surface area (Å²) in [5, 5.41) is 11.1. The minimum absolute atomic E-state index is 0.0274. The van der Waals surface area contributed by atoms with Gasteiger partial charge < -0.3 is 14.8 Å². The fourth-order valence-electron chi connectivity index (χ4n) is 1.17.